The number of pyridine rings is 1. The lowest BCUT2D eigenvalue weighted by molar-refractivity contribution is 0.322. The van der Waals surface area contributed by atoms with E-state index in [0.717, 1.165) is 24.8 Å². The van der Waals surface area contributed by atoms with Crippen molar-refractivity contribution in [3.63, 3.8) is 0 Å². The van der Waals surface area contributed by atoms with E-state index in [2.05, 4.69) is 23.7 Å². The van der Waals surface area contributed by atoms with Crippen LogP contribution in [0.4, 0.5) is 11.5 Å². The van der Waals surface area contributed by atoms with Gasteiger partial charge in [-0.2, -0.15) is 4.98 Å². The number of ether oxygens (including phenoxy) is 1. The van der Waals surface area contributed by atoms with Crippen LogP contribution in [0.15, 0.2) is 12.1 Å². The van der Waals surface area contributed by atoms with E-state index < -0.39 is 0 Å². The number of methoxy groups -OCH3 is 1. The van der Waals surface area contributed by atoms with Gasteiger partial charge in [-0.15, -0.1) is 0 Å². The van der Waals surface area contributed by atoms with Crippen molar-refractivity contribution in [1.82, 2.24) is 4.98 Å². The fourth-order valence-corrected chi connectivity index (χ4v) is 2.25. The van der Waals surface area contributed by atoms with Crippen molar-refractivity contribution in [3.8, 4) is 5.88 Å². The molecule has 94 valence electrons. The van der Waals surface area contributed by atoms with Crippen LogP contribution in [0.2, 0.25) is 0 Å². The van der Waals surface area contributed by atoms with E-state index in [1.54, 1.807) is 7.11 Å². The van der Waals surface area contributed by atoms with E-state index in [-0.39, 0.29) is 0 Å². The molecule has 1 saturated heterocycles. The second kappa shape index (κ2) is 4.82. The van der Waals surface area contributed by atoms with Crippen LogP contribution >= 0.6 is 0 Å². The Hall–Kier alpha value is -1.45. The maximum atomic E-state index is 5.77. The maximum Gasteiger partial charge on any atom is 0.238 e. The minimum Gasteiger partial charge on any atom is -0.479 e. The van der Waals surface area contributed by atoms with Crippen molar-refractivity contribution >= 4 is 11.5 Å². The molecule has 0 bridgehead atoms. The summed E-state index contributed by atoms with van der Waals surface area (Å²) in [4.78, 5) is 6.76. The summed E-state index contributed by atoms with van der Waals surface area (Å²) in [5.74, 6) is 2.99. The molecule has 2 rings (SSSR count). The van der Waals surface area contributed by atoms with Gasteiger partial charge >= 0.3 is 0 Å². The zero-order valence-electron chi connectivity index (χ0n) is 10.8. The minimum atomic E-state index is 0.522. The molecule has 2 N–H and O–H groups in total. The smallest absolute Gasteiger partial charge is 0.238 e. The third-order valence-electron chi connectivity index (χ3n) is 3.73. The van der Waals surface area contributed by atoms with Crippen molar-refractivity contribution in [1.29, 1.82) is 0 Å². The third kappa shape index (κ3) is 2.46. The van der Waals surface area contributed by atoms with Gasteiger partial charge in [-0.3, -0.25) is 0 Å². The normalized spacial score (nSPS) is 24.8. The SMILES string of the molecule is COc1nc(N2CCC(C)C(C)C2)ccc1N. The van der Waals surface area contributed by atoms with Gasteiger partial charge in [0.1, 0.15) is 5.82 Å². The zero-order chi connectivity index (χ0) is 12.4. The van der Waals surface area contributed by atoms with Crippen molar-refractivity contribution in [2.75, 3.05) is 30.8 Å². The number of hydrogen-bond acceptors (Lipinski definition) is 4. The molecule has 1 aliphatic heterocycles. The summed E-state index contributed by atoms with van der Waals surface area (Å²) in [5.41, 5.74) is 6.37. The Morgan fingerprint density at radius 2 is 2.12 bits per heavy atom. The van der Waals surface area contributed by atoms with Crippen LogP contribution < -0.4 is 15.4 Å². The van der Waals surface area contributed by atoms with Gasteiger partial charge < -0.3 is 15.4 Å². The fraction of sp³-hybridized carbons (Fsp3) is 0.615. The highest BCUT2D eigenvalue weighted by Gasteiger charge is 2.23. The van der Waals surface area contributed by atoms with Crippen molar-refractivity contribution in [2.45, 2.75) is 20.3 Å². The monoisotopic (exact) mass is 235 g/mol. The topological polar surface area (TPSA) is 51.4 Å². The van der Waals surface area contributed by atoms with Gasteiger partial charge in [-0.25, -0.2) is 0 Å². The number of nitrogen functional groups attached to an aromatic ring is 1. The Morgan fingerprint density at radius 1 is 1.35 bits per heavy atom. The number of aromatic nitrogens is 1. The van der Waals surface area contributed by atoms with Crippen LogP contribution in [-0.4, -0.2) is 25.2 Å². The number of nitrogens with two attached hydrogens (primary N) is 1. The zero-order valence-corrected chi connectivity index (χ0v) is 10.8. The summed E-state index contributed by atoms with van der Waals surface area (Å²) in [6.45, 7) is 6.73. The molecule has 1 aliphatic rings. The first-order valence-electron chi connectivity index (χ1n) is 6.17. The molecular weight excluding hydrogens is 214 g/mol. The predicted octanol–water partition coefficient (Wildman–Crippen LogP) is 2.15. The fourth-order valence-electron chi connectivity index (χ4n) is 2.25. The van der Waals surface area contributed by atoms with Gasteiger partial charge in [0.05, 0.1) is 12.8 Å². The highest BCUT2D eigenvalue weighted by molar-refractivity contribution is 5.54. The van der Waals surface area contributed by atoms with Crippen LogP contribution in [0.3, 0.4) is 0 Å². The Morgan fingerprint density at radius 3 is 2.76 bits per heavy atom. The van der Waals surface area contributed by atoms with Crippen molar-refractivity contribution in [3.05, 3.63) is 12.1 Å². The second-order valence-electron chi connectivity index (χ2n) is 4.96. The molecule has 0 spiro atoms. The van der Waals surface area contributed by atoms with E-state index in [9.17, 15) is 0 Å². The molecule has 0 aromatic carbocycles. The molecule has 4 heteroatoms. The van der Waals surface area contributed by atoms with Gasteiger partial charge in [0.25, 0.3) is 0 Å². The van der Waals surface area contributed by atoms with Gasteiger partial charge in [0.15, 0.2) is 0 Å². The number of anilines is 2. The first-order chi connectivity index (χ1) is 8.11. The van der Waals surface area contributed by atoms with E-state index in [1.807, 2.05) is 12.1 Å². The Balaban J connectivity index is 2.17. The highest BCUT2D eigenvalue weighted by atomic mass is 16.5. The van der Waals surface area contributed by atoms with Crippen LogP contribution in [0.25, 0.3) is 0 Å². The Labute approximate surface area is 103 Å². The summed E-state index contributed by atoms with van der Waals surface area (Å²) >= 11 is 0. The Bertz CT molecular complexity index is 394. The number of nitrogens with zero attached hydrogens (tertiary/aromatic N) is 2. The molecule has 2 heterocycles. The molecule has 0 amide bonds. The minimum absolute atomic E-state index is 0.522. The van der Waals surface area contributed by atoms with Crippen LogP contribution in [-0.2, 0) is 0 Å². The molecule has 0 aliphatic carbocycles. The summed E-state index contributed by atoms with van der Waals surface area (Å²) in [6.07, 6.45) is 1.22. The van der Waals surface area contributed by atoms with E-state index in [1.165, 1.54) is 6.42 Å². The maximum absolute atomic E-state index is 5.77. The second-order valence-corrected chi connectivity index (χ2v) is 4.96. The molecule has 1 aromatic rings. The summed E-state index contributed by atoms with van der Waals surface area (Å²) in [5, 5.41) is 0. The van der Waals surface area contributed by atoms with Gasteiger partial charge in [-0.05, 0) is 30.4 Å². The first kappa shape index (κ1) is 12.0. The first-order valence-corrected chi connectivity index (χ1v) is 6.17. The van der Waals surface area contributed by atoms with Crippen molar-refractivity contribution in [2.24, 2.45) is 11.8 Å². The van der Waals surface area contributed by atoms with Crippen molar-refractivity contribution < 1.29 is 4.74 Å². The van der Waals surface area contributed by atoms with Crippen LogP contribution in [0.1, 0.15) is 20.3 Å². The largest absolute Gasteiger partial charge is 0.479 e. The summed E-state index contributed by atoms with van der Waals surface area (Å²) in [7, 11) is 1.60. The van der Waals surface area contributed by atoms with Gasteiger partial charge in [0, 0.05) is 13.1 Å². The quantitative estimate of drug-likeness (QED) is 0.853. The third-order valence-corrected chi connectivity index (χ3v) is 3.73. The molecule has 17 heavy (non-hydrogen) atoms. The predicted molar refractivity (Wildman–Crippen MR) is 70.4 cm³/mol. The Kier molecular flexibility index (Phi) is 3.41. The molecule has 1 aromatic heterocycles. The molecule has 0 radical (unpaired) electrons. The standard InChI is InChI=1S/C13H21N3O/c1-9-6-7-16(8-10(9)2)12-5-4-11(14)13(15-12)17-3/h4-5,9-10H,6-8,14H2,1-3H3. The highest BCUT2D eigenvalue weighted by Crippen LogP contribution is 2.28. The average molecular weight is 235 g/mol. The summed E-state index contributed by atoms with van der Waals surface area (Å²) in [6, 6.07) is 3.84. The van der Waals surface area contributed by atoms with Gasteiger partial charge in [0.2, 0.25) is 5.88 Å². The molecule has 4 nitrogen and oxygen atoms in total. The number of hydrogen-bond donors (Lipinski definition) is 1. The molecular formula is C13H21N3O. The lowest BCUT2D eigenvalue weighted by Crippen LogP contribution is -2.38. The van der Waals surface area contributed by atoms with Crippen LogP contribution in [0, 0.1) is 11.8 Å². The van der Waals surface area contributed by atoms with E-state index in [0.29, 0.717) is 17.5 Å². The van der Waals surface area contributed by atoms with E-state index in [4.69, 9.17) is 10.5 Å². The number of rotatable bonds is 2. The average Bonchev–Trinajstić information content (AvgIpc) is 2.33. The lowest BCUT2D eigenvalue weighted by atomic mass is 9.89. The number of piperidine rings is 1. The molecule has 0 saturated carbocycles. The van der Waals surface area contributed by atoms with Gasteiger partial charge in [-0.1, -0.05) is 13.8 Å². The summed E-state index contributed by atoms with van der Waals surface area (Å²) < 4.78 is 5.16. The molecule has 1 fully saturated rings. The molecule has 2 atom stereocenters. The lowest BCUT2D eigenvalue weighted by Gasteiger charge is -2.36. The molecule has 2 unspecified atom stereocenters. The van der Waals surface area contributed by atoms with E-state index >= 15 is 0 Å². The van der Waals surface area contributed by atoms with Crippen LogP contribution in [0.5, 0.6) is 5.88 Å².